The van der Waals surface area contributed by atoms with E-state index in [1.165, 1.54) is 51.4 Å². The van der Waals surface area contributed by atoms with Gasteiger partial charge in [-0.15, -0.1) is 0 Å². The highest BCUT2D eigenvalue weighted by Gasteiger charge is 2.59. The van der Waals surface area contributed by atoms with Crippen LogP contribution in [0, 0.1) is 52.3 Å². The third-order valence-electron chi connectivity index (χ3n) is 11.4. The zero-order valence-corrected chi connectivity index (χ0v) is 22.1. The molecule has 0 unspecified atom stereocenters. The van der Waals surface area contributed by atoms with E-state index in [0.29, 0.717) is 10.8 Å². The molecular formula is C30H50O2. The van der Waals surface area contributed by atoms with E-state index < -0.39 is 0 Å². The Bertz CT molecular complexity index is 722. The lowest BCUT2D eigenvalue weighted by Crippen LogP contribution is -2.51. The molecule has 0 N–H and O–H groups in total. The van der Waals surface area contributed by atoms with E-state index in [9.17, 15) is 4.79 Å². The van der Waals surface area contributed by atoms with E-state index in [1.807, 2.05) is 0 Å². The van der Waals surface area contributed by atoms with Crippen molar-refractivity contribution >= 4 is 5.97 Å². The number of allylic oxidation sites excluding steroid dienone is 1. The SMILES string of the molecule is CC(=O)O[C@H]1CC[C@@]2(C)C(=CC[C@@H]3[C@H]4CC[C@@H]([C@H](C)CC[C@@H](C)C(C)C)[C@@]4(C)CC[C@H]32)C1. The fourth-order valence-corrected chi connectivity index (χ4v) is 9.00. The highest BCUT2D eigenvalue weighted by Crippen LogP contribution is 2.67. The quantitative estimate of drug-likeness (QED) is 0.306. The first-order chi connectivity index (χ1) is 15.1. The average Bonchev–Trinajstić information content (AvgIpc) is 3.08. The lowest BCUT2D eigenvalue weighted by Gasteiger charge is -2.58. The molecule has 9 atom stereocenters. The van der Waals surface area contributed by atoms with Gasteiger partial charge < -0.3 is 4.74 Å². The molecular weight excluding hydrogens is 392 g/mol. The second-order valence-corrected chi connectivity index (χ2v) is 13.2. The summed E-state index contributed by atoms with van der Waals surface area (Å²) < 4.78 is 5.62. The van der Waals surface area contributed by atoms with E-state index in [-0.39, 0.29) is 12.1 Å². The van der Waals surface area contributed by atoms with E-state index in [2.05, 4.69) is 47.6 Å². The van der Waals surface area contributed by atoms with Crippen molar-refractivity contribution in [2.75, 3.05) is 0 Å². The third-order valence-corrected chi connectivity index (χ3v) is 11.4. The van der Waals surface area contributed by atoms with Gasteiger partial charge >= 0.3 is 5.97 Å². The van der Waals surface area contributed by atoms with Crippen molar-refractivity contribution in [3.63, 3.8) is 0 Å². The molecule has 0 aromatic heterocycles. The summed E-state index contributed by atoms with van der Waals surface area (Å²) in [6.07, 6.45) is 15.8. The van der Waals surface area contributed by atoms with Gasteiger partial charge in [0.2, 0.25) is 0 Å². The maximum absolute atomic E-state index is 11.5. The maximum Gasteiger partial charge on any atom is 0.302 e. The number of hydrogen-bond donors (Lipinski definition) is 0. The van der Waals surface area contributed by atoms with Gasteiger partial charge in [-0.25, -0.2) is 0 Å². The molecule has 2 heteroatoms. The van der Waals surface area contributed by atoms with Crippen LogP contribution in [0.4, 0.5) is 0 Å². The number of carbonyl (C=O) groups is 1. The molecule has 4 aliphatic carbocycles. The summed E-state index contributed by atoms with van der Waals surface area (Å²) in [6, 6.07) is 0. The van der Waals surface area contributed by atoms with Gasteiger partial charge in [-0.05, 0) is 97.2 Å². The van der Waals surface area contributed by atoms with Crippen LogP contribution >= 0.6 is 0 Å². The molecule has 4 rings (SSSR count). The zero-order valence-electron chi connectivity index (χ0n) is 22.1. The largest absolute Gasteiger partial charge is 0.462 e. The summed E-state index contributed by atoms with van der Waals surface area (Å²) in [5.74, 6) is 5.96. The Morgan fingerprint density at radius 2 is 1.78 bits per heavy atom. The first-order valence-corrected chi connectivity index (χ1v) is 13.9. The van der Waals surface area contributed by atoms with Crippen LogP contribution in [0.3, 0.4) is 0 Å². The smallest absolute Gasteiger partial charge is 0.302 e. The molecule has 0 heterocycles. The normalized spacial score (nSPS) is 43.0. The van der Waals surface area contributed by atoms with Gasteiger partial charge in [0.15, 0.2) is 0 Å². The van der Waals surface area contributed by atoms with Crippen LogP contribution in [0.2, 0.25) is 0 Å². The number of rotatable bonds is 6. The minimum Gasteiger partial charge on any atom is -0.462 e. The molecule has 0 spiro atoms. The van der Waals surface area contributed by atoms with Gasteiger partial charge in [0, 0.05) is 13.3 Å². The van der Waals surface area contributed by atoms with Crippen molar-refractivity contribution in [1.82, 2.24) is 0 Å². The highest BCUT2D eigenvalue weighted by atomic mass is 16.5. The third kappa shape index (κ3) is 4.22. The average molecular weight is 443 g/mol. The first-order valence-electron chi connectivity index (χ1n) is 13.9. The van der Waals surface area contributed by atoms with Crippen LogP contribution in [-0.2, 0) is 9.53 Å². The lowest BCUT2D eigenvalue weighted by molar-refractivity contribution is -0.148. The van der Waals surface area contributed by atoms with E-state index >= 15 is 0 Å². The van der Waals surface area contributed by atoms with Crippen LogP contribution in [0.1, 0.15) is 113 Å². The Balaban J connectivity index is 1.46. The standard InChI is InChI=1S/C30H50O2/c1-19(2)20(3)8-9-21(4)26-12-13-27-25-11-10-23-18-24(32-22(5)31)14-16-29(23,6)28(25)15-17-30(26,27)7/h10,19-21,24-28H,8-9,11-18H2,1-7H3/t20-,21-,24+,25-,26+,27-,28-,29+,30-/m1/s1. The Morgan fingerprint density at radius 1 is 1.03 bits per heavy atom. The minimum absolute atomic E-state index is 0.113. The summed E-state index contributed by atoms with van der Waals surface area (Å²) >= 11 is 0. The Hall–Kier alpha value is -0.790. The van der Waals surface area contributed by atoms with Gasteiger partial charge in [0.05, 0.1) is 0 Å². The van der Waals surface area contributed by atoms with Crippen molar-refractivity contribution in [2.45, 2.75) is 119 Å². The van der Waals surface area contributed by atoms with Crippen molar-refractivity contribution < 1.29 is 9.53 Å². The van der Waals surface area contributed by atoms with E-state index in [4.69, 9.17) is 4.74 Å². The molecule has 182 valence electrons. The van der Waals surface area contributed by atoms with Crippen LogP contribution in [0.25, 0.3) is 0 Å². The molecule has 0 saturated heterocycles. The van der Waals surface area contributed by atoms with Crippen LogP contribution in [0.15, 0.2) is 11.6 Å². The van der Waals surface area contributed by atoms with Crippen molar-refractivity contribution in [2.24, 2.45) is 52.3 Å². The van der Waals surface area contributed by atoms with Crippen molar-refractivity contribution in [3.8, 4) is 0 Å². The second-order valence-electron chi connectivity index (χ2n) is 13.2. The Morgan fingerprint density at radius 3 is 2.47 bits per heavy atom. The molecule has 0 aromatic rings. The molecule has 0 radical (unpaired) electrons. The topological polar surface area (TPSA) is 26.3 Å². The maximum atomic E-state index is 11.5. The monoisotopic (exact) mass is 442 g/mol. The van der Waals surface area contributed by atoms with Crippen LogP contribution in [-0.4, -0.2) is 12.1 Å². The molecule has 0 aliphatic heterocycles. The summed E-state index contributed by atoms with van der Waals surface area (Å²) in [5.41, 5.74) is 2.51. The van der Waals surface area contributed by atoms with E-state index in [0.717, 1.165) is 54.3 Å². The molecule has 0 bridgehead atoms. The number of esters is 1. The molecule has 0 aromatic carbocycles. The predicted molar refractivity (Wildman–Crippen MR) is 133 cm³/mol. The Kier molecular flexibility index (Phi) is 6.92. The summed E-state index contributed by atoms with van der Waals surface area (Å²) in [5, 5.41) is 0. The summed E-state index contributed by atoms with van der Waals surface area (Å²) in [6.45, 7) is 16.6. The molecule has 2 nitrogen and oxygen atoms in total. The predicted octanol–water partition coefficient (Wildman–Crippen LogP) is 8.21. The van der Waals surface area contributed by atoms with E-state index in [1.54, 1.807) is 12.5 Å². The van der Waals surface area contributed by atoms with Gasteiger partial charge in [0.25, 0.3) is 0 Å². The molecule has 3 saturated carbocycles. The van der Waals surface area contributed by atoms with Gasteiger partial charge in [-0.1, -0.05) is 66.0 Å². The summed E-state index contributed by atoms with van der Waals surface area (Å²) in [7, 11) is 0. The first kappa shape index (κ1) is 24.3. The fraction of sp³-hybridized carbons (Fsp3) is 0.900. The molecule has 4 aliphatic rings. The summed E-state index contributed by atoms with van der Waals surface area (Å²) in [4.78, 5) is 11.5. The number of fused-ring (bicyclic) bond motifs is 5. The number of hydrogen-bond acceptors (Lipinski definition) is 2. The van der Waals surface area contributed by atoms with Crippen LogP contribution in [0.5, 0.6) is 0 Å². The second kappa shape index (κ2) is 9.10. The number of carbonyl (C=O) groups excluding carboxylic acids is 1. The number of ether oxygens (including phenoxy) is 1. The van der Waals surface area contributed by atoms with Gasteiger partial charge in [-0.3, -0.25) is 4.79 Å². The van der Waals surface area contributed by atoms with Gasteiger partial charge in [-0.2, -0.15) is 0 Å². The molecule has 3 fully saturated rings. The minimum atomic E-state index is -0.116. The van der Waals surface area contributed by atoms with Crippen LogP contribution < -0.4 is 0 Å². The lowest BCUT2D eigenvalue weighted by atomic mass is 9.47. The van der Waals surface area contributed by atoms with Crippen molar-refractivity contribution in [3.05, 3.63) is 11.6 Å². The van der Waals surface area contributed by atoms with Gasteiger partial charge in [0.1, 0.15) is 6.10 Å². The highest BCUT2D eigenvalue weighted by molar-refractivity contribution is 5.66. The van der Waals surface area contributed by atoms with Crippen molar-refractivity contribution in [1.29, 1.82) is 0 Å². The zero-order chi connectivity index (χ0) is 23.3. The fourth-order valence-electron chi connectivity index (χ4n) is 9.00. The molecule has 0 amide bonds. The molecule has 32 heavy (non-hydrogen) atoms. The Labute approximate surface area is 198 Å².